The summed E-state index contributed by atoms with van der Waals surface area (Å²) in [5, 5.41) is 3.28. The Labute approximate surface area is 113 Å². The normalized spacial score (nSPS) is 20.7. The first kappa shape index (κ1) is 12.1. The van der Waals surface area contributed by atoms with E-state index in [0.717, 1.165) is 22.8 Å². The fraction of sp³-hybridized carbons (Fsp3) is 0.250. The topological polar surface area (TPSA) is 30.5 Å². The quantitative estimate of drug-likeness (QED) is 0.910. The first-order chi connectivity index (χ1) is 9.28. The molecule has 0 spiro atoms. The minimum atomic E-state index is 0.145. The molecule has 1 heterocycles. The van der Waals surface area contributed by atoms with Crippen molar-refractivity contribution in [1.29, 1.82) is 0 Å². The fourth-order valence-corrected chi connectivity index (χ4v) is 2.48. The van der Waals surface area contributed by atoms with Gasteiger partial charge < -0.3 is 14.8 Å². The molecule has 3 nitrogen and oxygen atoms in total. The molecule has 0 bridgehead atoms. The first-order valence-corrected chi connectivity index (χ1v) is 6.48. The van der Waals surface area contributed by atoms with E-state index in [4.69, 9.17) is 9.47 Å². The zero-order valence-electron chi connectivity index (χ0n) is 11.1. The molecule has 0 amide bonds. The van der Waals surface area contributed by atoms with Gasteiger partial charge in [-0.05, 0) is 44.3 Å². The van der Waals surface area contributed by atoms with Gasteiger partial charge in [0.2, 0.25) is 0 Å². The van der Waals surface area contributed by atoms with E-state index in [9.17, 15) is 0 Å². The smallest absolute Gasteiger partial charge is 0.128 e. The molecule has 1 aliphatic heterocycles. The van der Waals surface area contributed by atoms with E-state index >= 15 is 0 Å². The van der Waals surface area contributed by atoms with Gasteiger partial charge in [0.15, 0.2) is 0 Å². The van der Waals surface area contributed by atoms with Gasteiger partial charge in [0.25, 0.3) is 0 Å². The fourth-order valence-electron chi connectivity index (χ4n) is 2.48. The molecule has 3 rings (SSSR count). The van der Waals surface area contributed by atoms with Gasteiger partial charge in [-0.25, -0.2) is 0 Å². The van der Waals surface area contributed by atoms with E-state index in [0.29, 0.717) is 0 Å². The molecule has 2 aromatic carbocycles. The Morgan fingerprint density at radius 3 is 2.58 bits per heavy atom. The van der Waals surface area contributed by atoms with Gasteiger partial charge in [0.05, 0.1) is 6.04 Å². The lowest BCUT2D eigenvalue weighted by Crippen LogP contribution is -2.25. The highest BCUT2D eigenvalue weighted by atomic mass is 16.5. The van der Waals surface area contributed by atoms with Crippen molar-refractivity contribution < 1.29 is 9.47 Å². The minimum absolute atomic E-state index is 0.145. The van der Waals surface area contributed by atoms with E-state index in [-0.39, 0.29) is 12.1 Å². The molecule has 0 saturated carbocycles. The average molecular weight is 255 g/mol. The summed E-state index contributed by atoms with van der Waals surface area (Å²) in [5.74, 6) is 2.62. The van der Waals surface area contributed by atoms with Gasteiger partial charge in [0.1, 0.15) is 23.4 Å². The highest BCUT2D eigenvalue weighted by Crippen LogP contribution is 2.39. The predicted molar refractivity (Wildman–Crippen MR) is 74.8 cm³/mol. The highest BCUT2D eigenvalue weighted by molar-refractivity contribution is 5.46. The number of fused-ring (bicyclic) bond motifs is 1. The summed E-state index contributed by atoms with van der Waals surface area (Å²) in [6, 6.07) is 16.0. The Morgan fingerprint density at radius 2 is 1.84 bits per heavy atom. The van der Waals surface area contributed by atoms with Crippen LogP contribution in [0.15, 0.2) is 48.5 Å². The number of hydrogen-bond acceptors (Lipinski definition) is 3. The largest absolute Gasteiger partial charge is 0.488 e. The van der Waals surface area contributed by atoms with Gasteiger partial charge in [-0.1, -0.05) is 18.2 Å². The van der Waals surface area contributed by atoms with Gasteiger partial charge in [-0.3, -0.25) is 0 Å². The zero-order valence-corrected chi connectivity index (χ0v) is 11.1. The lowest BCUT2D eigenvalue weighted by atomic mass is 10.0. The third kappa shape index (κ3) is 2.29. The molecule has 19 heavy (non-hydrogen) atoms. The van der Waals surface area contributed by atoms with Crippen molar-refractivity contribution in [2.24, 2.45) is 0 Å². The van der Waals surface area contributed by atoms with Gasteiger partial charge in [-0.2, -0.15) is 0 Å². The van der Waals surface area contributed by atoms with Crippen LogP contribution in [-0.4, -0.2) is 13.2 Å². The van der Waals surface area contributed by atoms with Crippen molar-refractivity contribution in [3.63, 3.8) is 0 Å². The van der Waals surface area contributed by atoms with Gasteiger partial charge >= 0.3 is 0 Å². The van der Waals surface area contributed by atoms with Crippen LogP contribution in [0.2, 0.25) is 0 Å². The maximum absolute atomic E-state index is 5.85. The van der Waals surface area contributed by atoms with Crippen LogP contribution >= 0.6 is 0 Å². The van der Waals surface area contributed by atoms with Crippen molar-refractivity contribution in [3.8, 4) is 17.2 Å². The molecular weight excluding hydrogens is 238 g/mol. The molecule has 2 atom stereocenters. The Morgan fingerprint density at radius 1 is 1.05 bits per heavy atom. The summed E-state index contributed by atoms with van der Waals surface area (Å²) in [6.07, 6.45) is 0.145. The molecule has 2 unspecified atom stereocenters. The van der Waals surface area contributed by atoms with Crippen LogP contribution in [0.1, 0.15) is 18.5 Å². The SMILES string of the molecule is CNC1c2cc(Oc3ccccc3)ccc2OC1C. The second kappa shape index (κ2) is 4.94. The number of para-hydroxylation sites is 1. The summed E-state index contributed by atoms with van der Waals surface area (Å²) < 4.78 is 11.6. The summed E-state index contributed by atoms with van der Waals surface area (Å²) in [5.41, 5.74) is 1.16. The molecule has 0 aliphatic carbocycles. The Balaban J connectivity index is 1.88. The number of rotatable bonds is 3. The monoisotopic (exact) mass is 255 g/mol. The predicted octanol–water partition coefficient (Wildman–Crippen LogP) is 3.52. The second-order valence-corrected chi connectivity index (χ2v) is 4.70. The molecular formula is C16H17NO2. The average Bonchev–Trinajstić information content (AvgIpc) is 2.74. The third-order valence-corrected chi connectivity index (χ3v) is 3.39. The van der Waals surface area contributed by atoms with Crippen LogP contribution in [-0.2, 0) is 0 Å². The third-order valence-electron chi connectivity index (χ3n) is 3.39. The number of nitrogens with one attached hydrogen (secondary N) is 1. The van der Waals surface area contributed by atoms with Crippen LogP contribution in [0.3, 0.4) is 0 Å². The van der Waals surface area contributed by atoms with Crippen molar-refractivity contribution in [1.82, 2.24) is 5.32 Å². The Kier molecular flexibility index (Phi) is 3.13. The minimum Gasteiger partial charge on any atom is -0.488 e. The lowest BCUT2D eigenvalue weighted by Gasteiger charge is -2.13. The summed E-state index contributed by atoms with van der Waals surface area (Å²) in [6.45, 7) is 2.07. The zero-order chi connectivity index (χ0) is 13.2. The molecule has 98 valence electrons. The van der Waals surface area contributed by atoms with Crippen molar-refractivity contribution >= 4 is 0 Å². The Bertz CT molecular complexity index is 568. The number of ether oxygens (including phenoxy) is 2. The highest BCUT2D eigenvalue weighted by Gasteiger charge is 2.30. The molecule has 0 aromatic heterocycles. The van der Waals surface area contributed by atoms with E-state index in [1.54, 1.807) is 0 Å². The van der Waals surface area contributed by atoms with Crippen LogP contribution in [0.5, 0.6) is 17.2 Å². The van der Waals surface area contributed by atoms with E-state index in [1.165, 1.54) is 0 Å². The molecule has 2 aromatic rings. The first-order valence-electron chi connectivity index (χ1n) is 6.48. The van der Waals surface area contributed by atoms with Crippen LogP contribution in [0, 0.1) is 0 Å². The van der Waals surface area contributed by atoms with E-state index in [1.807, 2.05) is 55.6 Å². The Hall–Kier alpha value is -2.00. The van der Waals surface area contributed by atoms with E-state index < -0.39 is 0 Å². The molecule has 0 radical (unpaired) electrons. The van der Waals surface area contributed by atoms with Crippen LogP contribution in [0.25, 0.3) is 0 Å². The standard InChI is InChI=1S/C16H17NO2/c1-11-16(17-2)14-10-13(8-9-15(14)18-11)19-12-6-4-3-5-7-12/h3-11,16-17H,1-2H3. The van der Waals surface area contributed by atoms with Crippen molar-refractivity contribution in [2.45, 2.75) is 19.1 Å². The van der Waals surface area contributed by atoms with Gasteiger partial charge in [0, 0.05) is 5.56 Å². The molecule has 0 fully saturated rings. The summed E-state index contributed by atoms with van der Waals surface area (Å²) >= 11 is 0. The second-order valence-electron chi connectivity index (χ2n) is 4.70. The van der Waals surface area contributed by atoms with Gasteiger partial charge in [-0.15, -0.1) is 0 Å². The van der Waals surface area contributed by atoms with Crippen molar-refractivity contribution in [2.75, 3.05) is 7.05 Å². The number of benzene rings is 2. The lowest BCUT2D eigenvalue weighted by molar-refractivity contribution is 0.214. The summed E-state index contributed by atoms with van der Waals surface area (Å²) in [7, 11) is 1.95. The number of likely N-dealkylation sites (N-methyl/N-ethyl adjacent to an activating group) is 1. The molecule has 1 aliphatic rings. The molecule has 1 N–H and O–H groups in total. The molecule has 3 heteroatoms. The maximum atomic E-state index is 5.85. The maximum Gasteiger partial charge on any atom is 0.128 e. The summed E-state index contributed by atoms with van der Waals surface area (Å²) in [4.78, 5) is 0. The van der Waals surface area contributed by atoms with E-state index in [2.05, 4.69) is 12.2 Å². The number of hydrogen-bond donors (Lipinski definition) is 1. The molecule has 0 saturated heterocycles. The van der Waals surface area contributed by atoms with Crippen molar-refractivity contribution in [3.05, 3.63) is 54.1 Å². The van der Waals surface area contributed by atoms with Crippen LogP contribution < -0.4 is 14.8 Å². The van der Waals surface area contributed by atoms with Crippen LogP contribution in [0.4, 0.5) is 0 Å².